The fourth-order valence-electron chi connectivity index (χ4n) is 3.63. The lowest BCUT2D eigenvalue weighted by molar-refractivity contribution is -0.113. The van der Waals surface area contributed by atoms with Crippen molar-refractivity contribution in [2.45, 2.75) is 13.8 Å². The van der Waals surface area contributed by atoms with E-state index in [2.05, 4.69) is 10.6 Å². The normalized spacial score (nSPS) is 11.3. The maximum atomic E-state index is 13.2. The van der Waals surface area contributed by atoms with Crippen LogP contribution in [0.25, 0.3) is 12.2 Å². The van der Waals surface area contributed by atoms with Gasteiger partial charge >= 0.3 is 0 Å². The van der Waals surface area contributed by atoms with Crippen LogP contribution in [0.1, 0.15) is 43.0 Å². The van der Waals surface area contributed by atoms with Gasteiger partial charge in [0.15, 0.2) is 5.78 Å². The predicted molar refractivity (Wildman–Crippen MR) is 153 cm³/mol. The summed E-state index contributed by atoms with van der Waals surface area (Å²) in [5.41, 5.74) is 5.50. The molecule has 4 rings (SSSR count). The van der Waals surface area contributed by atoms with Crippen LogP contribution >= 0.6 is 0 Å². The summed E-state index contributed by atoms with van der Waals surface area (Å²) >= 11 is 0. The Morgan fingerprint density at radius 1 is 0.632 bits per heavy atom. The Labute approximate surface area is 222 Å². The van der Waals surface area contributed by atoms with Gasteiger partial charge in [-0.2, -0.15) is 0 Å². The average molecular weight is 501 g/mol. The lowest BCUT2D eigenvalue weighted by atomic mass is 10.1. The summed E-state index contributed by atoms with van der Waals surface area (Å²) in [7, 11) is 0. The number of hydrogen-bond acceptors (Lipinski definition) is 3. The molecule has 188 valence electrons. The Balaban J connectivity index is 1.48. The van der Waals surface area contributed by atoms with Gasteiger partial charge in [-0.3, -0.25) is 14.4 Å². The van der Waals surface area contributed by atoms with E-state index in [9.17, 15) is 14.4 Å². The quantitative estimate of drug-likeness (QED) is 0.211. The SMILES string of the molecule is Cc1ccc(/C=C(\NC(=O)c2ccccc2)C(=O)Nc2ccc(C(=O)/C=C/c3ccc(C)cc3)cc2)cc1. The number of allylic oxidation sites excluding steroid dienone is 1. The highest BCUT2D eigenvalue weighted by molar-refractivity contribution is 6.11. The summed E-state index contributed by atoms with van der Waals surface area (Å²) in [4.78, 5) is 38.5. The lowest BCUT2D eigenvalue weighted by Gasteiger charge is -2.12. The first-order valence-corrected chi connectivity index (χ1v) is 12.2. The minimum Gasteiger partial charge on any atom is -0.321 e. The Bertz CT molecular complexity index is 1480. The van der Waals surface area contributed by atoms with E-state index in [1.54, 1.807) is 60.7 Å². The molecule has 0 saturated carbocycles. The summed E-state index contributed by atoms with van der Waals surface area (Å²) in [5.74, 6) is -1.01. The van der Waals surface area contributed by atoms with Gasteiger partial charge in [-0.15, -0.1) is 0 Å². The van der Waals surface area contributed by atoms with Crippen molar-refractivity contribution < 1.29 is 14.4 Å². The highest BCUT2D eigenvalue weighted by atomic mass is 16.2. The topological polar surface area (TPSA) is 75.3 Å². The number of ketones is 1. The minimum absolute atomic E-state index is 0.101. The van der Waals surface area contributed by atoms with Gasteiger partial charge in [-0.1, -0.05) is 83.9 Å². The number of carbonyl (C=O) groups is 3. The van der Waals surface area contributed by atoms with Crippen LogP contribution in [0.3, 0.4) is 0 Å². The van der Waals surface area contributed by atoms with E-state index < -0.39 is 5.91 Å². The zero-order chi connectivity index (χ0) is 26.9. The van der Waals surface area contributed by atoms with E-state index in [0.29, 0.717) is 16.8 Å². The standard InChI is InChI=1S/C33H28N2O3/c1-23-8-12-25(13-9-23)16-21-31(36)27-17-19-29(20-18-27)34-33(38)30(22-26-14-10-24(2)11-15-26)35-32(37)28-6-4-3-5-7-28/h3-22H,1-2H3,(H,34,38)(H,35,37)/b21-16+,30-22-. The molecule has 0 bridgehead atoms. The molecular formula is C33H28N2O3. The zero-order valence-electron chi connectivity index (χ0n) is 21.3. The van der Waals surface area contributed by atoms with Crippen molar-refractivity contribution in [1.29, 1.82) is 0 Å². The van der Waals surface area contributed by atoms with Crippen LogP contribution < -0.4 is 10.6 Å². The predicted octanol–water partition coefficient (Wildman–Crippen LogP) is 6.61. The van der Waals surface area contributed by atoms with Gasteiger partial charge in [-0.25, -0.2) is 0 Å². The Kier molecular flexibility index (Phi) is 8.42. The highest BCUT2D eigenvalue weighted by Gasteiger charge is 2.15. The van der Waals surface area contributed by atoms with Crippen molar-refractivity contribution in [3.63, 3.8) is 0 Å². The number of nitrogens with one attached hydrogen (secondary N) is 2. The van der Waals surface area contributed by atoms with Crippen molar-refractivity contribution in [1.82, 2.24) is 5.32 Å². The summed E-state index contributed by atoms with van der Waals surface area (Å²) in [5, 5.41) is 5.54. The van der Waals surface area contributed by atoms with Crippen molar-refractivity contribution in [2.24, 2.45) is 0 Å². The molecule has 4 aromatic rings. The molecule has 0 spiro atoms. The third-order valence-electron chi connectivity index (χ3n) is 5.85. The number of hydrogen-bond donors (Lipinski definition) is 2. The molecule has 0 aliphatic carbocycles. The van der Waals surface area contributed by atoms with Gasteiger partial charge in [0.2, 0.25) is 0 Å². The molecule has 2 amide bonds. The summed E-state index contributed by atoms with van der Waals surface area (Å²) in [6.45, 7) is 3.99. The van der Waals surface area contributed by atoms with Gasteiger partial charge in [-0.05, 0) is 73.5 Å². The van der Waals surface area contributed by atoms with Crippen molar-refractivity contribution >= 4 is 35.4 Å². The largest absolute Gasteiger partial charge is 0.321 e. The molecule has 38 heavy (non-hydrogen) atoms. The first-order valence-electron chi connectivity index (χ1n) is 12.2. The van der Waals surface area contributed by atoms with E-state index in [4.69, 9.17) is 0 Å². The number of benzene rings is 4. The van der Waals surface area contributed by atoms with Crippen molar-refractivity contribution in [2.75, 3.05) is 5.32 Å². The third kappa shape index (κ3) is 7.24. The smallest absolute Gasteiger partial charge is 0.272 e. The molecule has 0 aliphatic rings. The average Bonchev–Trinajstić information content (AvgIpc) is 2.94. The first kappa shape index (κ1) is 26.0. The van der Waals surface area contributed by atoms with Crippen LogP contribution in [0.4, 0.5) is 5.69 Å². The first-order chi connectivity index (χ1) is 18.4. The molecule has 2 N–H and O–H groups in total. The number of anilines is 1. The van der Waals surface area contributed by atoms with Gasteiger partial charge in [0, 0.05) is 16.8 Å². The molecule has 0 heterocycles. The molecule has 4 aromatic carbocycles. The summed E-state index contributed by atoms with van der Waals surface area (Å²) in [6, 6.07) is 30.8. The van der Waals surface area contributed by atoms with Crippen LogP contribution in [0.15, 0.2) is 115 Å². The number of rotatable bonds is 8. The number of carbonyl (C=O) groups excluding carboxylic acids is 3. The molecule has 0 unspecified atom stereocenters. The second-order valence-corrected chi connectivity index (χ2v) is 8.93. The van der Waals surface area contributed by atoms with E-state index in [1.807, 2.05) is 68.4 Å². The van der Waals surface area contributed by atoms with E-state index in [1.165, 1.54) is 6.08 Å². The molecule has 0 aliphatic heterocycles. The fraction of sp³-hybridized carbons (Fsp3) is 0.0606. The van der Waals surface area contributed by atoms with Crippen LogP contribution in [0, 0.1) is 13.8 Å². The molecule has 0 aromatic heterocycles. The second-order valence-electron chi connectivity index (χ2n) is 8.93. The zero-order valence-corrected chi connectivity index (χ0v) is 21.3. The number of amides is 2. The monoisotopic (exact) mass is 500 g/mol. The Morgan fingerprint density at radius 3 is 1.82 bits per heavy atom. The number of aryl methyl sites for hydroxylation is 2. The van der Waals surface area contributed by atoms with Crippen LogP contribution in [-0.4, -0.2) is 17.6 Å². The molecule has 5 heteroatoms. The van der Waals surface area contributed by atoms with E-state index in [0.717, 1.165) is 22.3 Å². The van der Waals surface area contributed by atoms with Crippen LogP contribution in [-0.2, 0) is 4.79 Å². The van der Waals surface area contributed by atoms with Gasteiger partial charge in [0.05, 0.1) is 0 Å². The van der Waals surface area contributed by atoms with Gasteiger partial charge in [0.25, 0.3) is 11.8 Å². The summed E-state index contributed by atoms with van der Waals surface area (Å²) in [6.07, 6.45) is 4.93. The fourth-order valence-corrected chi connectivity index (χ4v) is 3.63. The highest BCUT2D eigenvalue weighted by Crippen LogP contribution is 2.15. The molecule has 0 fully saturated rings. The molecular weight excluding hydrogens is 472 g/mol. The van der Waals surface area contributed by atoms with Crippen LogP contribution in [0.5, 0.6) is 0 Å². The Morgan fingerprint density at radius 2 is 1.21 bits per heavy atom. The minimum atomic E-state index is -0.479. The van der Waals surface area contributed by atoms with Crippen LogP contribution in [0.2, 0.25) is 0 Å². The molecule has 0 atom stereocenters. The van der Waals surface area contributed by atoms with E-state index in [-0.39, 0.29) is 17.4 Å². The third-order valence-corrected chi connectivity index (χ3v) is 5.85. The molecule has 5 nitrogen and oxygen atoms in total. The Hall–Kier alpha value is -5.03. The second kappa shape index (κ2) is 12.3. The lowest BCUT2D eigenvalue weighted by Crippen LogP contribution is -2.30. The molecule has 0 saturated heterocycles. The van der Waals surface area contributed by atoms with Gasteiger partial charge < -0.3 is 10.6 Å². The molecule has 0 radical (unpaired) electrons. The van der Waals surface area contributed by atoms with Crippen molar-refractivity contribution in [3.8, 4) is 0 Å². The maximum absolute atomic E-state index is 13.2. The van der Waals surface area contributed by atoms with Gasteiger partial charge in [0.1, 0.15) is 5.70 Å². The summed E-state index contributed by atoms with van der Waals surface area (Å²) < 4.78 is 0. The van der Waals surface area contributed by atoms with E-state index >= 15 is 0 Å². The maximum Gasteiger partial charge on any atom is 0.272 e. The van der Waals surface area contributed by atoms with Crippen molar-refractivity contribution in [3.05, 3.63) is 148 Å².